The van der Waals surface area contributed by atoms with Crippen LogP contribution in [-0.4, -0.2) is 47.1 Å². The van der Waals surface area contributed by atoms with E-state index in [0.29, 0.717) is 6.54 Å². The number of nitrogens with zero attached hydrogens (tertiary/aromatic N) is 1. The molecule has 1 N–H and O–H groups in total. The summed E-state index contributed by atoms with van der Waals surface area (Å²) in [6.07, 6.45) is 2.31. The molecule has 7 heteroatoms. The smallest absolute Gasteiger partial charge is 0.408 e. The molecule has 0 radical (unpaired) electrons. The predicted molar refractivity (Wildman–Crippen MR) is 125 cm³/mol. The molecule has 7 nitrogen and oxygen atoms in total. The maximum absolute atomic E-state index is 13.8. The second kappa shape index (κ2) is 9.74. The molecule has 1 aromatic carbocycles. The zero-order valence-electron chi connectivity index (χ0n) is 20.7. The van der Waals surface area contributed by atoms with Gasteiger partial charge in [0.1, 0.15) is 24.3 Å². The number of ether oxygens (including phenoxy) is 2. The van der Waals surface area contributed by atoms with E-state index in [0.717, 1.165) is 24.8 Å². The third-order valence-electron chi connectivity index (χ3n) is 6.41. The number of esters is 1. The van der Waals surface area contributed by atoms with Crippen molar-refractivity contribution in [2.24, 2.45) is 17.3 Å². The highest BCUT2D eigenvalue weighted by molar-refractivity contribution is 5.91. The third-order valence-corrected chi connectivity index (χ3v) is 6.41. The van der Waals surface area contributed by atoms with Crippen LogP contribution in [-0.2, 0) is 25.7 Å². The molecule has 1 aliphatic heterocycles. The lowest BCUT2D eigenvalue weighted by molar-refractivity contribution is -0.157. The Bertz CT molecular complexity index is 856. The fourth-order valence-electron chi connectivity index (χ4n) is 4.89. The Labute approximate surface area is 197 Å². The highest BCUT2D eigenvalue weighted by Gasteiger charge is 2.52. The molecule has 1 aromatic rings. The SMILES string of the molecule is CC(C)(C)OC(=O)N[C@H](C(=O)N1C[C@@H]2CCC[C@@H]2[C@H]1C(=O)OCc1ccccc1)C(C)(C)C. The van der Waals surface area contributed by atoms with Gasteiger partial charge in [-0.15, -0.1) is 0 Å². The first-order valence-corrected chi connectivity index (χ1v) is 11.9. The van der Waals surface area contributed by atoms with Crippen molar-refractivity contribution in [2.75, 3.05) is 6.54 Å². The van der Waals surface area contributed by atoms with Crippen LogP contribution in [0.4, 0.5) is 4.79 Å². The van der Waals surface area contributed by atoms with Crippen LogP contribution in [0.15, 0.2) is 30.3 Å². The zero-order valence-corrected chi connectivity index (χ0v) is 20.7. The normalized spacial score (nSPS) is 23.6. The molecule has 4 atom stereocenters. The van der Waals surface area contributed by atoms with E-state index in [-0.39, 0.29) is 30.3 Å². The molecule has 2 fully saturated rings. The van der Waals surface area contributed by atoms with Gasteiger partial charge in [-0.3, -0.25) is 4.79 Å². The van der Waals surface area contributed by atoms with E-state index in [4.69, 9.17) is 9.47 Å². The van der Waals surface area contributed by atoms with Crippen molar-refractivity contribution in [1.82, 2.24) is 10.2 Å². The second-order valence-electron chi connectivity index (χ2n) is 11.3. The fraction of sp³-hybridized carbons (Fsp3) is 0.654. The molecule has 2 aliphatic rings. The van der Waals surface area contributed by atoms with Crippen LogP contribution in [0.5, 0.6) is 0 Å². The highest BCUT2D eigenvalue weighted by Crippen LogP contribution is 2.43. The van der Waals surface area contributed by atoms with Crippen LogP contribution in [0.1, 0.15) is 66.4 Å². The Morgan fingerprint density at radius 3 is 2.33 bits per heavy atom. The zero-order chi connectivity index (χ0) is 24.4. The van der Waals surface area contributed by atoms with Crippen LogP contribution >= 0.6 is 0 Å². The number of likely N-dealkylation sites (tertiary alicyclic amines) is 1. The summed E-state index contributed by atoms with van der Waals surface area (Å²) in [4.78, 5) is 41.1. The third kappa shape index (κ3) is 6.27. The summed E-state index contributed by atoms with van der Waals surface area (Å²) in [5.41, 5.74) is -0.336. The number of benzene rings is 1. The topological polar surface area (TPSA) is 84.9 Å². The van der Waals surface area contributed by atoms with Crippen molar-refractivity contribution in [3.05, 3.63) is 35.9 Å². The van der Waals surface area contributed by atoms with Crippen LogP contribution in [0, 0.1) is 17.3 Å². The number of fused-ring (bicyclic) bond motifs is 1. The number of nitrogens with one attached hydrogen (secondary N) is 1. The summed E-state index contributed by atoms with van der Waals surface area (Å²) in [5.74, 6) is -0.249. The molecular formula is C26H38N2O5. The Morgan fingerprint density at radius 2 is 1.73 bits per heavy atom. The van der Waals surface area contributed by atoms with E-state index in [2.05, 4.69) is 5.32 Å². The standard InChI is InChI=1S/C26H38N2O5/c1-25(2,3)21(27-24(31)33-26(4,5)6)22(29)28-15-18-13-10-14-19(18)20(28)23(30)32-16-17-11-8-7-9-12-17/h7-9,11-12,18-21H,10,13-16H2,1-6H3,(H,27,31)/t18-,19-,20-,21+/m0/s1. The monoisotopic (exact) mass is 458 g/mol. The van der Waals surface area contributed by atoms with E-state index in [1.807, 2.05) is 51.1 Å². The van der Waals surface area contributed by atoms with Gasteiger partial charge in [-0.05, 0) is 56.4 Å². The van der Waals surface area contributed by atoms with Gasteiger partial charge in [0.05, 0.1) is 0 Å². The molecule has 1 aliphatic carbocycles. The summed E-state index contributed by atoms with van der Waals surface area (Å²) >= 11 is 0. The molecular weight excluding hydrogens is 420 g/mol. The lowest BCUT2D eigenvalue weighted by Crippen LogP contribution is -2.58. The van der Waals surface area contributed by atoms with Gasteiger partial charge in [-0.1, -0.05) is 57.5 Å². The molecule has 0 unspecified atom stereocenters. The molecule has 3 rings (SSSR count). The molecule has 0 aromatic heterocycles. The van der Waals surface area contributed by atoms with E-state index < -0.39 is 29.2 Å². The minimum atomic E-state index is -0.824. The van der Waals surface area contributed by atoms with Crippen molar-refractivity contribution >= 4 is 18.0 Å². The van der Waals surface area contributed by atoms with Gasteiger partial charge in [0.25, 0.3) is 0 Å². The second-order valence-corrected chi connectivity index (χ2v) is 11.3. The fourth-order valence-corrected chi connectivity index (χ4v) is 4.89. The molecule has 1 saturated carbocycles. The molecule has 0 spiro atoms. The Kier molecular flexibility index (Phi) is 7.39. The van der Waals surface area contributed by atoms with E-state index >= 15 is 0 Å². The maximum atomic E-state index is 13.8. The van der Waals surface area contributed by atoms with Gasteiger partial charge < -0.3 is 19.7 Å². The number of alkyl carbamates (subject to hydrolysis) is 1. The van der Waals surface area contributed by atoms with E-state index in [9.17, 15) is 14.4 Å². The molecule has 33 heavy (non-hydrogen) atoms. The minimum Gasteiger partial charge on any atom is -0.459 e. The van der Waals surface area contributed by atoms with Gasteiger partial charge >= 0.3 is 12.1 Å². The van der Waals surface area contributed by atoms with Crippen molar-refractivity contribution in [2.45, 2.75) is 85.1 Å². The first kappa shape index (κ1) is 25.1. The summed E-state index contributed by atoms with van der Waals surface area (Å²) in [5, 5.41) is 2.77. The number of hydrogen-bond acceptors (Lipinski definition) is 5. The lowest BCUT2D eigenvalue weighted by Gasteiger charge is -2.36. The molecule has 1 heterocycles. The van der Waals surface area contributed by atoms with Crippen molar-refractivity contribution in [1.29, 1.82) is 0 Å². The Morgan fingerprint density at radius 1 is 1.06 bits per heavy atom. The largest absolute Gasteiger partial charge is 0.459 e. The Balaban J connectivity index is 1.78. The number of carbonyl (C=O) groups is 3. The maximum Gasteiger partial charge on any atom is 0.408 e. The first-order valence-electron chi connectivity index (χ1n) is 11.9. The van der Waals surface area contributed by atoms with Gasteiger partial charge in [-0.2, -0.15) is 0 Å². The van der Waals surface area contributed by atoms with Crippen molar-refractivity contribution in [3.63, 3.8) is 0 Å². The lowest BCUT2D eigenvalue weighted by atomic mass is 9.85. The molecule has 182 valence electrons. The van der Waals surface area contributed by atoms with Gasteiger partial charge in [0.2, 0.25) is 5.91 Å². The Hall–Kier alpha value is -2.57. The molecule has 1 saturated heterocycles. The van der Waals surface area contributed by atoms with Gasteiger partial charge in [-0.25, -0.2) is 9.59 Å². The van der Waals surface area contributed by atoms with Crippen molar-refractivity contribution in [3.8, 4) is 0 Å². The summed E-state index contributed by atoms with van der Waals surface area (Å²) in [7, 11) is 0. The van der Waals surface area contributed by atoms with Crippen LogP contribution < -0.4 is 5.32 Å². The predicted octanol–water partition coefficient (Wildman–Crippen LogP) is 4.30. The van der Waals surface area contributed by atoms with Crippen LogP contribution in [0.25, 0.3) is 0 Å². The summed E-state index contributed by atoms with van der Waals surface area (Å²) < 4.78 is 11.1. The summed E-state index contributed by atoms with van der Waals surface area (Å²) in [6.45, 7) is 11.7. The number of hydrogen-bond donors (Lipinski definition) is 1. The summed E-state index contributed by atoms with van der Waals surface area (Å²) in [6, 6.07) is 8.08. The van der Waals surface area contributed by atoms with E-state index in [1.165, 1.54) is 0 Å². The van der Waals surface area contributed by atoms with Gasteiger partial charge in [0.15, 0.2) is 0 Å². The van der Waals surface area contributed by atoms with E-state index in [1.54, 1.807) is 25.7 Å². The van der Waals surface area contributed by atoms with Crippen LogP contribution in [0.2, 0.25) is 0 Å². The molecule has 2 amide bonds. The van der Waals surface area contributed by atoms with Crippen LogP contribution in [0.3, 0.4) is 0 Å². The number of rotatable bonds is 5. The van der Waals surface area contributed by atoms with Crippen molar-refractivity contribution < 1.29 is 23.9 Å². The first-order chi connectivity index (χ1) is 15.4. The minimum absolute atomic E-state index is 0.0966. The average molecular weight is 459 g/mol. The quantitative estimate of drug-likeness (QED) is 0.665. The average Bonchev–Trinajstić information content (AvgIpc) is 3.29. The number of amides is 2. The highest BCUT2D eigenvalue weighted by atomic mass is 16.6. The number of carbonyl (C=O) groups excluding carboxylic acids is 3. The van der Waals surface area contributed by atoms with Gasteiger partial charge in [0, 0.05) is 6.54 Å². The molecule has 0 bridgehead atoms.